The average molecular weight is 400 g/mol. The van der Waals surface area contributed by atoms with E-state index in [9.17, 15) is 4.79 Å². The maximum absolute atomic E-state index is 12.6. The third-order valence-corrected chi connectivity index (χ3v) is 8.89. The second-order valence-electron chi connectivity index (χ2n) is 7.43. The van der Waals surface area contributed by atoms with Gasteiger partial charge in [-0.05, 0) is 57.3 Å². The molecule has 0 radical (unpaired) electrons. The van der Waals surface area contributed by atoms with Crippen LogP contribution in [0.2, 0.25) is 0 Å². The minimum Gasteiger partial charge on any atom is -0.352 e. The summed E-state index contributed by atoms with van der Waals surface area (Å²) in [6.45, 7) is 6.35. The lowest BCUT2D eigenvalue weighted by Gasteiger charge is -2.29. The van der Waals surface area contributed by atoms with Crippen LogP contribution in [0.15, 0.2) is 8.68 Å². The minimum absolute atomic E-state index is 0.123. The topological polar surface area (TPSA) is 54.9 Å². The zero-order chi connectivity index (χ0) is 17.8. The predicted octanol–water partition coefficient (Wildman–Crippen LogP) is 4.85. The predicted molar refractivity (Wildman–Crippen MR) is 107 cm³/mol. The molecule has 2 aliphatic carbocycles. The summed E-state index contributed by atoms with van der Waals surface area (Å²) in [5, 5.41) is 11.6. The highest BCUT2D eigenvalue weighted by Crippen LogP contribution is 2.49. The molecule has 5 unspecified atom stereocenters. The third-order valence-electron chi connectivity index (χ3n) is 5.56. The fourth-order valence-corrected chi connectivity index (χ4v) is 7.49. The summed E-state index contributed by atoms with van der Waals surface area (Å²) < 4.78 is 1.91. The van der Waals surface area contributed by atoms with Crippen molar-refractivity contribution in [3.05, 3.63) is 0 Å². The maximum atomic E-state index is 12.6. The molecular weight excluding hydrogens is 370 g/mol. The Hall–Kier alpha value is -0.270. The van der Waals surface area contributed by atoms with Gasteiger partial charge >= 0.3 is 0 Å². The standard InChI is InChI=1S/C18H29N3OS3/c1-4-5-8-23-17-20-21-18(25-17)24-12(3)16(22)19-11(2)15-10-13-6-7-14(15)9-13/h11-15H,4-10H2,1-3H3,(H,19,22). The largest absolute Gasteiger partial charge is 0.352 e. The van der Waals surface area contributed by atoms with Crippen molar-refractivity contribution in [2.75, 3.05) is 5.75 Å². The SMILES string of the molecule is CCCCSc1nnc(SC(C)C(=O)NC(C)C2CC3CCC2C3)s1. The van der Waals surface area contributed by atoms with Gasteiger partial charge in [-0.1, -0.05) is 54.6 Å². The van der Waals surface area contributed by atoms with Crippen molar-refractivity contribution < 1.29 is 4.79 Å². The highest BCUT2D eigenvalue weighted by Gasteiger charge is 2.42. The Morgan fingerprint density at radius 2 is 2.08 bits per heavy atom. The lowest BCUT2D eigenvalue weighted by Crippen LogP contribution is -2.43. The number of nitrogens with zero attached hydrogens (tertiary/aromatic N) is 2. The van der Waals surface area contributed by atoms with Crippen molar-refractivity contribution >= 4 is 40.8 Å². The molecule has 5 atom stereocenters. The summed E-state index contributed by atoms with van der Waals surface area (Å²) in [6, 6.07) is 0.292. The molecule has 140 valence electrons. The first-order valence-electron chi connectivity index (χ1n) is 9.50. The van der Waals surface area contributed by atoms with Crippen molar-refractivity contribution in [3.8, 4) is 0 Å². The quantitative estimate of drug-likeness (QED) is 0.475. The number of nitrogens with one attached hydrogen (secondary N) is 1. The van der Waals surface area contributed by atoms with Crippen LogP contribution < -0.4 is 5.32 Å². The molecule has 2 fully saturated rings. The normalized spacial score (nSPS) is 27.4. The van der Waals surface area contributed by atoms with Crippen LogP contribution >= 0.6 is 34.9 Å². The number of hydrogen-bond donors (Lipinski definition) is 1. The maximum Gasteiger partial charge on any atom is 0.233 e. The van der Waals surface area contributed by atoms with Crippen molar-refractivity contribution in [1.82, 2.24) is 15.5 Å². The Bertz CT molecular complexity index is 580. The lowest BCUT2D eigenvalue weighted by molar-refractivity contribution is -0.121. The fraction of sp³-hybridized carbons (Fsp3) is 0.833. The van der Waals surface area contributed by atoms with Crippen molar-refractivity contribution in [2.45, 2.75) is 79.3 Å². The number of hydrogen-bond acceptors (Lipinski definition) is 6. The third kappa shape index (κ3) is 5.13. The van der Waals surface area contributed by atoms with Crippen molar-refractivity contribution in [3.63, 3.8) is 0 Å². The highest BCUT2D eigenvalue weighted by molar-refractivity contribution is 8.03. The van der Waals surface area contributed by atoms with Gasteiger partial charge in [-0.3, -0.25) is 4.79 Å². The molecular formula is C18H29N3OS3. The number of fused-ring (bicyclic) bond motifs is 2. The summed E-state index contributed by atoms with van der Waals surface area (Å²) in [6.07, 6.45) is 7.87. The molecule has 2 aliphatic rings. The molecule has 0 aromatic carbocycles. The van der Waals surface area contributed by atoms with E-state index in [1.807, 2.05) is 6.92 Å². The Balaban J connectivity index is 1.44. The summed E-state index contributed by atoms with van der Waals surface area (Å²) in [7, 11) is 0. The highest BCUT2D eigenvalue weighted by atomic mass is 32.2. The fourth-order valence-electron chi connectivity index (χ4n) is 4.17. The zero-order valence-corrected chi connectivity index (χ0v) is 17.8. The number of thioether (sulfide) groups is 2. The van der Waals surface area contributed by atoms with E-state index in [1.165, 1.54) is 50.3 Å². The van der Waals surface area contributed by atoms with Crippen LogP contribution in [0, 0.1) is 17.8 Å². The number of rotatable bonds is 9. The summed E-state index contributed by atoms with van der Waals surface area (Å²) in [5.74, 6) is 3.67. The summed E-state index contributed by atoms with van der Waals surface area (Å²) in [4.78, 5) is 12.6. The number of amides is 1. The van der Waals surface area contributed by atoms with Gasteiger partial charge in [-0.15, -0.1) is 10.2 Å². The van der Waals surface area contributed by atoms with E-state index in [0.29, 0.717) is 12.0 Å². The molecule has 2 saturated carbocycles. The van der Waals surface area contributed by atoms with E-state index in [2.05, 4.69) is 29.4 Å². The van der Waals surface area contributed by atoms with Gasteiger partial charge in [0, 0.05) is 11.8 Å². The number of unbranched alkanes of at least 4 members (excludes halogenated alkanes) is 1. The monoisotopic (exact) mass is 399 g/mol. The summed E-state index contributed by atoms with van der Waals surface area (Å²) in [5.41, 5.74) is 0. The molecule has 2 bridgehead atoms. The van der Waals surface area contributed by atoms with E-state index in [4.69, 9.17) is 0 Å². The molecule has 1 amide bonds. The molecule has 25 heavy (non-hydrogen) atoms. The van der Waals surface area contributed by atoms with Crippen molar-refractivity contribution in [1.29, 1.82) is 0 Å². The van der Waals surface area contributed by atoms with Gasteiger partial charge in [0.15, 0.2) is 8.68 Å². The second-order valence-corrected chi connectivity index (χ2v) is 11.3. The Kier molecular flexibility index (Phi) is 7.08. The molecule has 0 saturated heterocycles. The molecule has 1 N–H and O–H groups in total. The van der Waals surface area contributed by atoms with Crippen LogP contribution in [0.3, 0.4) is 0 Å². The minimum atomic E-state index is -0.123. The van der Waals surface area contributed by atoms with Crippen LogP contribution in [-0.4, -0.2) is 33.1 Å². The first kappa shape index (κ1) is 19.5. The van der Waals surface area contributed by atoms with E-state index in [1.54, 1.807) is 23.1 Å². The number of aromatic nitrogens is 2. The van der Waals surface area contributed by atoms with Gasteiger partial charge in [0.1, 0.15) is 0 Å². The van der Waals surface area contributed by atoms with Gasteiger partial charge < -0.3 is 5.32 Å². The van der Waals surface area contributed by atoms with Gasteiger partial charge in [0.2, 0.25) is 5.91 Å². The van der Waals surface area contributed by atoms with Crippen molar-refractivity contribution in [2.24, 2.45) is 17.8 Å². The average Bonchev–Trinajstić information content (AvgIpc) is 3.31. The van der Waals surface area contributed by atoms with Gasteiger partial charge in [-0.2, -0.15) is 0 Å². The Morgan fingerprint density at radius 3 is 2.76 bits per heavy atom. The van der Waals surface area contributed by atoms with Crippen LogP contribution in [0.1, 0.15) is 59.3 Å². The van der Waals surface area contributed by atoms with E-state index in [-0.39, 0.29) is 11.2 Å². The smallest absolute Gasteiger partial charge is 0.233 e. The second kappa shape index (κ2) is 9.09. The molecule has 1 aromatic rings. The summed E-state index contributed by atoms with van der Waals surface area (Å²) >= 11 is 4.90. The lowest BCUT2D eigenvalue weighted by atomic mass is 9.84. The first-order valence-corrected chi connectivity index (χ1v) is 12.2. The van der Waals surface area contributed by atoms with Gasteiger partial charge in [0.05, 0.1) is 5.25 Å². The molecule has 1 aromatic heterocycles. The van der Waals surface area contributed by atoms with E-state index in [0.717, 1.165) is 26.3 Å². The van der Waals surface area contributed by atoms with Crippen LogP contribution in [-0.2, 0) is 4.79 Å². The Morgan fingerprint density at radius 1 is 1.28 bits per heavy atom. The Labute approximate surface area is 163 Å². The molecule has 3 rings (SSSR count). The van der Waals surface area contributed by atoms with Gasteiger partial charge in [-0.25, -0.2) is 0 Å². The molecule has 4 nitrogen and oxygen atoms in total. The molecule has 7 heteroatoms. The zero-order valence-electron chi connectivity index (χ0n) is 15.4. The van der Waals surface area contributed by atoms with Crippen LogP contribution in [0.4, 0.5) is 0 Å². The first-order chi connectivity index (χ1) is 12.1. The van der Waals surface area contributed by atoms with Crippen LogP contribution in [0.25, 0.3) is 0 Å². The molecule has 0 spiro atoms. The number of carbonyl (C=O) groups excluding carboxylic acids is 1. The molecule has 1 heterocycles. The van der Waals surface area contributed by atoms with E-state index < -0.39 is 0 Å². The van der Waals surface area contributed by atoms with Gasteiger partial charge in [0.25, 0.3) is 0 Å². The number of carbonyl (C=O) groups is 1. The van der Waals surface area contributed by atoms with Crippen LogP contribution in [0.5, 0.6) is 0 Å². The van der Waals surface area contributed by atoms with E-state index >= 15 is 0 Å². The molecule has 0 aliphatic heterocycles.